The summed E-state index contributed by atoms with van der Waals surface area (Å²) in [5.74, 6) is 1.06. The van der Waals surface area contributed by atoms with E-state index < -0.39 is 10.0 Å². The number of aryl methyl sites for hydroxylation is 1. The number of halogens is 1. The van der Waals surface area contributed by atoms with E-state index in [4.69, 9.17) is 16.3 Å². The van der Waals surface area contributed by atoms with E-state index in [0.29, 0.717) is 44.2 Å². The zero-order valence-corrected chi connectivity index (χ0v) is 12.4. The summed E-state index contributed by atoms with van der Waals surface area (Å²) in [6.45, 7) is 3.17. The van der Waals surface area contributed by atoms with Crippen LogP contribution in [0.1, 0.15) is 18.7 Å². The van der Waals surface area contributed by atoms with Gasteiger partial charge in [-0.05, 0) is 19.8 Å². The molecule has 0 aromatic carbocycles. The van der Waals surface area contributed by atoms with Gasteiger partial charge in [0, 0.05) is 19.0 Å². The van der Waals surface area contributed by atoms with Gasteiger partial charge >= 0.3 is 0 Å². The number of rotatable bonds is 5. The molecule has 19 heavy (non-hydrogen) atoms. The monoisotopic (exact) mass is 307 g/mol. The van der Waals surface area contributed by atoms with Gasteiger partial charge in [-0.2, -0.15) is 4.31 Å². The van der Waals surface area contributed by atoms with Crippen LogP contribution in [0.25, 0.3) is 0 Å². The summed E-state index contributed by atoms with van der Waals surface area (Å²) in [5, 5.41) is 0.158. The van der Waals surface area contributed by atoms with E-state index in [2.05, 4.69) is 9.97 Å². The standard InChI is InChI=1S/C11H18ClN3O3S/c1-9-13-8-11(14-9)19(16,17)15-5-2-10(3-6-15)18-7-4-12/h8,10H,2-7H2,1H3,(H,13,14). The zero-order valence-electron chi connectivity index (χ0n) is 10.8. The summed E-state index contributed by atoms with van der Waals surface area (Å²) in [5.41, 5.74) is 0. The topological polar surface area (TPSA) is 75.3 Å². The average molecular weight is 308 g/mol. The van der Waals surface area contributed by atoms with Gasteiger partial charge in [-0.1, -0.05) is 0 Å². The van der Waals surface area contributed by atoms with E-state index in [1.165, 1.54) is 10.5 Å². The molecule has 0 aliphatic carbocycles. The van der Waals surface area contributed by atoms with Crippen LogP contribution in [0.2, 0.25) is 0 Å². The number of piperidine rings is 1. The van der Waals surface area contributed by atoms with Crippen LogP contribution in [0.3, 0.4) is 0 Å². The Kier molecular flexibility index (Phi) is 4.83. The van der Waals surface area contributed by atoms with Gasteiger partial charge < -0.3 is 9.72 Å². The van der Waals surface area contributed by atoms with Gasteiger partial charge in [-0.25, -0.2) is 13.4 Å². The molecule has 0 atom stereocenters. The second kappa shape index (κ2) is 6.21. The van der Waals surface area contributed by atoms with Gasteiger partial charge in [0.25, 0.3) is 10.0 Å². The summed E-state index contributed by atoms with van der Waals surface area (Å²) >= 11 is 5.56. The van der Waals surface area contributed by atoms with Gasteiger partial charge in [-0.3, -0.25) is 0 Å². The molecule has 1 fully saturated rings. The van der Waals surface area contributed by atoms with E-state index in [1.54, 1.807) is 6.92 Å². The molecule has 1 N–H and O–H groups in total. The molecule has 6 nitrogen and oxygen atoms in total. The first-order chi connectivity index (χ1) is 9.04. The third kappa shape index (κ3) is 3.47. The second-order valence-electron chi connectivity index (χ2n) is 4.50. The lowest BCUT2D eigenvalue weighted by Gasteiger charge is -2.30. The number of sulfonamides is 1. The summed E-state index contributed by atoms with van der Waals surface area (Å²) in [6, 6.07) is 0. The number of aromatic amines is 1. The SMILES string of the molecule is Cc1ncc(S(=O)(=O)N2CCC(OCCCl)CC2)[nH]1. The molecule has 0 unspecified atom stereocenters. The molecular formula is C11H18ClN3O3S. The van der Waals surface area contributed by atoms with Crippen LogP contribution >= 0.6 is 11.6 Å². The minimum atomic E-state index is -3.45. The van der Waals surface area contributed by atoms with Crippen molar-refractivity contribution in [3.8, 4) is 0 Å². The van der Waals surface area contributed by atoms with Crippen LogP contribution in [0, 0.1) is 6.92 Å². The largest absolute Gasteiger partial charge is 0.377 e. The molecule has 1 aromatic rings. The Hall–Kier alpha value is -0.630. The van der Waals surface area contributed by atoms with Crippen molar-refractivity contribution >= 4 is 21.6 Å². The van der Waals surface area contributed by atoms with Crippen LogP contribution in [0.4, 0.5) is 0 Å². The van der Waals surface area contributed by atoms with Crippen LogP contribution in [-0.2, 0) is 14.8 Å². The molecule has 0 spiro atoms. The molecule has 0 amide bonds. The van der Waals surface area contributed by atoms with Crippen molar-refractivity contribution in [3.05, 3.63) is 12.0 Å². The Bertz CT molecular complexity index is 509. The summed E-state index contributed by atoms with van der Waals surface area (Å²) in [4.78, 5) is 6.70. The van der Waals surface area contributed by atoms with Gasteiger partial charge in [0.2, 0.25) is 0 Å². The van der Waals surface area contributed by atoms with Crippen LogP contribution in [0.5, 0.6) is 0 Å². The lowest BCUT2D eigenvalue weighted by atomic mass is 10.1. The van der Waals surface area contributed by atoms with E-state index in [1.807, 2.05) is 0 Å². The van der Waals surface area contributed by atoms with Gasteiger partial charge in [-0.15, -0.1) is 11.6 Å². The van der Waals surface area contributed by atoms with Crippen molar-refractivity contribution in [2.24, 2.45) is 0 Å². The number of ether oxygens (including phenoxy) is 1. The smallest absolute Gasteiger partial charge is 0.260 e. The van der Waals surface area contributed by atoms with Crippen LogP contribution in [-0.4, -0.2) is 54.4 Å². The summed E-state index contributed by atoms with van der Waals surface area (Å²) < 4.78 is 31.6. The van der Waals surface area contributed by atoms with Crippen LogP contribution in [0.15, 0.2) is 11.2 Å². The Balaban J connectivity index is 1.97. The Morgan fingerprint density at radius 1 is 1.53 bits per heavy atom. The maximum atomic E-state index is 12.3. The number of aromatic nitrogens is 2. The van der Waals surface area contributed by atoms with Crippen molar-refractivity contribution in [2.45, 2.75) is 30.9 Å². The molecule has 1 aliphatic heterocycles. The Morgan fingerprint density at radius 3 is 2.74 bits per heavy atom. The highest BCUT2D eigenvalue weighted by Crippen LogP contribution is 2.20. The third-order valence-corrected chi connectivity index (χ3v) is 5.09. The molecule has 2 heterocycles. The highest BCUT2D eigenvalue weighted by molar-refractivity contribution is 7.89. The average Bonchev–Trinajstić information content (AvgIpc) is 2.84. The first-order valence-electron chi connectivity index (χ1n) is 6.23. The quantitative estimate of drug-likeness (QED) is 0.827. The van der Waals surface area contributed by atoms with Crippen molar-refractivity contribution in [1.29, 1.82) is 0 Å². The lowest BCUT2D eigenvalue weighted by molar-refractivity contribution is 0.0301. The number of imidazole rings is 1. The van der Waals surface area contributed by atoms with Gasteiger partial charge in [0.15, 0.2) is 5.03 Å². The van der Waals surface area contributed by atoms with Crippen molar-refractivity contribution < 1.29 is 13.2 Å². The summed E-state index contributed by atoms with van der Waals surface area (Å²) in [7, 11) is -3.45. The first kappa shape index (κ1) is 14.8. The number of alkyl halides is 1. The molecular weight excluding hydrogens is 290 g/mol. The predicted molar refractivity (Wildman–Crippen MR) is 71.8 cm³/mol. The van der Waals surface area contributed by atoms with Gasteiger partial charge in [0.05, 0.1) is 18.9 Å². The second-order valence-corrected chi connectivity index (χ2v) is 6.78. The molecule has 0 bridgehead atoms. The highest BCUT2D eigenvalue weighted by atomic mass is 35.5. The lowest BCUT2D eigenvalue weighted by Crippen LogP contribution is -2.41. The molecule has 108 valence electrons. The molecule has 1 aliphatic rings. The molecule has 8 heteroatoms. The van der Waals surface area contributed by atoms with E-state index in [-0.39, 0.29) is 11.1 Å². The van der Waals surface area contributed by atoms with E-state index in [0.717, 1.165) is 0 Å². The fourth-order valence-electron chi connectivity index (χ4n) is 2.12. The van der Waals surface area contributed by atoms with Crippen molar-refractivity contribution in [2.75, 3.05) is 25.6 Å². The Morgan fingerprint density at radius 2 is 2.21 bits per heavy atom. The third-order valence-electron chi connectivity index (χ3n) is 3.13. The van der Waals surface area contributed by atoms with Crippen molar-refractivity contribution in [1.82, 2.24) is 14.3 Å². The number of hydrogen-bond acceptors (Lipinski definition) is 4. The number of H-pyrrole nitrogens is 1. The fourth-order valence-corrected chi connectivity index (χ4v) is 3.64. The highest BCUT2D eigenvalue weighted by Gasteiger charge is 2.30. The maximum absolute atomic E-state index is 12.3. The predicted octanol–water partition coefficient (Wildman–Crippen LogP) is 1.13. The first-order valence-corrected chi connectivity index (χ1v) is 8.21. The molecule has 0 radical (unpaired) electrons. The van der Waals surface area contributed by atoms with Crippen LogP contribution < -0.4 is 0 Å². The molecule has 0 saturated carbocycles. The maximum Gasteiger partial charge on any atom is 0.260 e. The normalized spacial score (nSPS) is 18.8. The minimum Gasteiger partial charge on any atom is -0.377 e. The number of nitrogens with zero attached hydrogens (tertiary/aromatic N) is 2. The van der Waals surface area contributed by atoms with Gasteiger partial charge in [0.1, 0.15) is 5.82 Å². The number of hydrogen-bond donors (Lipinski definition) is 1. The molecule has 1 aromatic heterocycles. The minimum absolute atomic E-state index is 0.105. The van der Waals surface area contributed by atoms with Crippen molar-refractivity contribution in [3.63, 3.8) is 0 Å². The summed E-state index contributed by atoms with van der Waals surface area (Å²) in [6.07, 6.45) is 2.86. The molecule has 2 rings (SSSR count). The Labute approximate surface area is 118 Å². The van der Waals surface area contributed by atoms with E-state index >= 15 is 0 Å². The zero-order chi connectivity index (χ0) is 13.9. The molecule has 1 saturated heterocycles. The number of nitrogens with one attached hydrogen (secondary N) is 1. The fraction of sp³-hybridized carbons (Fsp3) is 0.727. The van der Waals surface area contributed by atoms with E-state index in [9.17, 15) is 8.42 Å².